The summed E-state index contributed by atoms with van der Waals surface area (Å²) >= 11 is 0. The first-order chi connectivity index (χ1) is 8.18. The summed E-state index contributed by atoms with van der Waals surface area (Å²) in [5.74, 6) is -0.187. The average Bonchev–Trinajstić information content (AvgIpc) is 2.69. The van der Waals surface area contributed by atoms with Crippen LogP contribution in [0.2, 0.25) is 0 Å². The van der Waals surface area contributed by atoms with Crippen LogP contribution in [0.5, 0.6) is 0 Å². The highest BCUT2D eigenvalue weighted by molar-refractivity contribution is 5.77. The Morgan fingerprint density at radius 1 is 1.59 bits per heavy atom. The van der Waals surface area contributed by atoms with Gasteiger partial charge < -0.3 is 14.9 Å². The second-order valence-corrected chi connectivity index (χ2v) is 3.61. The summed E-state index contributed by atoms with van der Waals surface area (Å²) in [6.07, 6.45) is 3.01. The molecule has 0 radical (unpaired) electrons. The standard InChI is InChI=1S/C9H13N5O3/c1-12-8(6-10-9(12)14(15)16)7-11-13-2-4-17-5-3-13/h6-7H,2-5H2,1H3/b11-7-. The third kappa shape index (κ3) is 2.59. The number of nitro groups is 1. The van der Waals surface area contributed by atoms with Gasteiger partial charge in [-0.25, -0.2) is 4.57 Å². The SMILES string of the molecule is Cn1c(/C=N\N2CCOCC2)cnc1[N+](=O)[O-]. The number of aromatic nitrogens is 2. The van der Waals surface area contributed by atoms with E-state index in [1.54, 1.807) is 13.3 Å². The van der Waals surface area contributed by atoms with Crippen molar-refractivity contribution in [1.29, 1.82) is 0 Å². The molecule has 0 atom stereocenters. The lowest BCUT2D eigenvalue weighted by Crippen LogP contribution is -2.32. The van der Waals surface area contributed by atoms with E-state index in [2.05, 4.69) is 10.1 Å². The van der Waals surface area contributed by atoms with Gasteiger partial charge in [0.25, 0.3) is 0 Å². The molecule has 0 aromatic carbocycles. The highest BCUT2D eigenvalue weighted by atomic mass is 16.6. The number of hydrogen-bond donors (Lipinski definition) is 0. The van der Waals surface area contributed by atoms with Crippen molar-refractivity contribution < 1.29 is 9.66 Å². The van der Waals surface area contributed by atoms with Crippen molar-refractivity contribution in [2.24, 2.45) is 12.1 Å². The van der Waals surface area contributed by atoms with Crippen LogP contribution in [-0.4, -0.2) is 52.0 Å². The molecule has 1 fully saturated rings. The summed E-state index contributed by atoms with van der Waals surface area (Å²) in [5.41, 5.74) is 0.600. The molecule has 8 heteroatoms. The molecule has 0 bridgehead atoms. The number of hydrogen-bond acceptors (Lipinski definition) is 6. The molecule has 0 aliphatic carbocycles. The molecule has 1 aliphatic rings. The van der Waals surface area contributed by atoms with Crippen LogP contribution in [0.4, 0.5) is 5.95 Å². The molecule has 0 N–H and O–H groups in total. The third-order valence-corrected chi connectivity index (χ3v) is 2.50. The van der Waals surface area contributed by atoms with Crippen molar-refractivity contribution >= 4 is 12.2 Å². The van der Waals surface area contributed by atoms with Crippen LogP contribution in [0, 0.1) is 10.1 Å². The molecule has 1 aromatic rings. The van der Waals surface area contributed by atoms with E-state index >= 15 is 0 Å². The number of nitrogens with zero attached hydrogens (tertiary/aromatic N) is 5. The summed E-state index contributed by atoms with van der Waals surface area (Å²) in [4.78, 5) is 13.8. The molecule has 92 valence electrons. The molecule has 2 rings (SSSR count). The van der Waals surface area contributed by atoms with Crippen molar-refractivity contribution in [3.8, 4) is 0 Å². The number of hydrazone groups is 1. The maximum absolute atomic E-state index is 10.6. The Bertz CT molecular complexity index is 436. The van der Waals surface area contributed by atoms with Gasteiger partial charge in [-0.3, -0.25) is 5.01 Å². The smallest absolute Gasteiger partial charge is 0.390 e. The molecule has 1 aliphatic heterocycles. The molecule has 1 aromatic heterocycles. The predicted octanol–water partition coefficient (Wildman–Crippen LogP) is -0.00560. The number of morpholine rings is 1. The van der Waals surface area contributed by atoms with Crippen molar-refractivity contribution in [1.82, 2.24) is 14.6 Å². The fraction of sp³-hybridized carbons (Fsp3) is 0.556. The van der Waals surface area contributed by atoms with Gasteiger partial charge in [-0.1, -0.05) is 4.98 Å². The van der Waals surface area contributed by atoms with Crippen molar-refractivity contribution in [3.63, 3.8) is 0 Å². The lowest BCUT2D eigenvalue weighted by Gasteiger charge is -2.23. The molecule has 2 heterocycles. The molecule has 0 saturated carbocycles. The quantitative estimate of drug-likeness (QED) is 0.421. The monoisotopic (exact) mass is 239 g/mol. The first-order valence-corrected chi connectivity index (χ1v) is 5.21. The van der Waals surface area contributed by atoms with Crippen LogP contribution in [0.3, 0.4) is 0 Å². The number of imidazole rings is 1. The zero-order chi connectivity index (χ0) is 12.3. The van der Waals surface area contributed by atoms with E-state index in [0.717, 1.165) is 13.1 Å². The fourth-order valence-electron chi connectivity index (χ4n) is 1.51. The third-order valence-electron chi connectivity index (χ3n) is 2.50. The van der Waals surface area contributed by atoms with E-state index in [-0.39, 0.29) is 5.95 Å². The molecular weight excluding hydrogens is 226 g/mol. The lowest BCUT2D eigenvalue weighted by atomic mass is 10.5. The highest BCUT2D eigenvalue weighted by Crippen LogP contribution is 2.09. The first-order valence-electron chi connectivity index (χ1n) is 5.21. The Morgan fingerprint density at radius 2 is 2.29 bits per heavy atom. The molecular formula is C9H13N5O3. The van der Waals surface area contributed by atoms with Crippen molar-refractivity contribution in [3.05, 3.63) is 22.0 Å². The minimum Gasteiger partial charge on any atom is -0.390 e. The highest BCUT2D eigenvalue weighted by Gasteiger charge is 2.16. The van der Waals surface area contributed by atoms with Gasteiger partial charge in [-0.05, 0) is 4.92 Å². The van der Waals surface area contributed by atoms with Crippen LogP contribution in [0.1, 0.15) is 5.69 Å². The van der Waals surface area contributed by atoms with E-state index in [0.29, 0.717) is 18.9 Å². The lowest BCUT2D eigenvalue weighted by molar-refractivity contribution is -0.396. The van der Waals surface area contributed by atoms with E-state index in [1.165, 1.54) is 10.8 Å². The second kappa shape index (κ2) is 4.91. The van der Waals surface area contributed by atoms with Crippen molar-refractivity contribution in [2.45, 2.75) is 0 Å². The Balaban J connectivity index is 2.07. The molecule has 0 spiro atoms. The summed E-state index contributed by atoms with van der Waals surface area (Å²) in [5, 5.41) is 16.7. The van der Waals surface area contributed by atoms with Crippen LogP contribution in [0.15, 0.2) is 11.3 Å². The minimum absolute atomic E-state index is 0.187. The van der Waals surface area contributed by atoms with E-state index in [9.17, 15) is 10.1 Å². The van der Waals surface area contributed by atoms with E-state index in [4.69, 9.17) is 4.74 Å². The van der Waals surface area contributed by atoms with Gasteiger partial charge >= 0.3 is 5.95 Å². The fourth-order valence-corrected chi connectivity index (χ4v) is 1.51. The summed E-state index contributed by atoms with van der Waals surface area (Å²) in [6.45, 7) is 2.78. The topological polar surface area (TPSA) is 85.8 Å². The van der Waals surface area contributed by atoms with Gasteiger partial charge in [0.2, 0.25) is 0 Å². The van der Waals surface area contributed by atoms with Crippen LogP contribution in [0.25, 0.3) is 0 Å². The second-order valence-electron chi connectivity index (χ2n) is 3.61. The maximum atomic E-state index is 10.6. The van der Waals surface area contributed by atoms with Gasteiger partial charge in [-0.2, -0.15) is 5.10 Å². The maximum Gasteiger partial charge on any atom is 0.434 e. The van der Waals surface area contributed by atoms with Gasteiger partial charge in [-0.15, -0.1) is 0 Å². The summed E-state index contributed by atoms with van der Waals surface area (Å²) < 4.78 is 6.58. The molecule has 17 heavy (non-hydrogen) atoms. The van der Waals surface area contributed by atoms with Gasteiger partial charge in [0.15, 0.2) is 5.69 Å². The molecule has 1 saturated heterocycles. The van der Waals surface area contributed by atoms with Crippen LogP contribution in [-0.2, 0) is 11.8 Å². The van der Waals surface area contributed by atoms with Gasteiger partial charge in [0.1, 0.15) is 6.20 Å². The Morgan fingerprint density at radius 3 is 2.88 bits per heavy atom. The summed E-state index contributed by atoms with van der Waals surface area (Å²) in [7, 11) is 1.59. The number of rotatable bonds is 3. The van der Waals surface area contributed by atoms with Crippen LogP contribution >= 0.6 is 0 Å². The Hall–Kier alpha value is -1.96. The normalized spacial score (nSPS) is 16.6. The zero-order valence-electron chi connectivity index (χ0n) is 9.44. The van der Waals surface area contributed by atoms with Gasteiger partial charge in [0, 0.05) is 0 Å². The predicted molar refractivity (Wildman–Crippen MR) is 59.8 cm³/mol. The Kier molecular flexibility index (Phi) is 3.33. The first kappa shape index (κ1) is 11.5. The van der Waals surface area contributed by atoms with Gasteiger partial charge in [0.05, 0.1) is 39.6 Å². The molecule has 0 unspecified atom stereocenters. The zero-order valence-corrected chi connectivity index (χ0v) is 9.44. The summed E-state index contributed by atoms with van der Waals surface area (Å²) in [6, 6.07) is 0. The number of ether oxygens (including phenoxy) is 1. The van der Waals surface area contributed by atoms with Crippen molar-refractivity contribution in [2.75, 3.05) is 26.3 Å². The Labute approximate surface area is 97.6 Å². The minimum atomic E-state index is -0.522. The average molecular weight is 239 g/mol. The largest absolute Gasteiger partial charge is 0.434 e. The molecule has 8 nitrogen and oxygen atoms in total. The van der Waals surface area contributed by atoms with Crippen LogP contribution < -0.4 is 0 Å². The molecule has 0 amide bonds. The van der Waals surface area contributed by atoms with E-state index < -0.39 is 4.92 Å². The van der Waals surface area contributed by atoms with E-state index in [1.807, 2.05) is 5.01 Å².